The molecule has 2 aliphatic heterocycles. The Labute approximate surface area is 107 Å². The van der Waals surface area contributed by atoms with Gasteiger partial charge in [0.15, 0.2) is 0 Å². The van der Waals surface area contributed by atoms with Gasteiger partial charge < -0.3 is 9.80 Å². The van der Waals surface area contributed by atoms with Crippen LogP contribution < -0.4 is 10.5 Å². The van der Waals surface area contributed by atoms with Crippen LogP contribution in [0.25, 0.3) is 0 Å². The number of piperazine rings is 1. The van der Waals surface area contributed by atoms with Crippen molar-refractivity contribution >= 4 is 5.82 Å². The van der Waals surface area contributed by atoms with E-state index in [9.17, 15) is 4.79 Å². The Morgan fingerprint density at radius 1 is 1.11 bits per heavy atom. The molecule has 5 nitrogen and oxygen atoms in total. The molecule has 1 saturated heterocycles. The normalized spacial score (nSPS) is 20.8. The smallest absolute Gasteiger partial charge is 0.255 e. The fourth-order valence-electron chi connectivity index (χ4n) is 2.72. The van der Waals surface area contributed by atoms with Crippen molar-refractivity contribution in [3.05, 3.63) is 22.2 Å². The first-order chi connectivity index (χ1) is 8.74. The highest BCUT2D eigenvalue weighted by Gasteiger charge is 2.19. The lowest BCUT2D eigenvalue weighted by atomic mass is 10.1. The first-order valence-corrected chi connectivity index (χ1v) is 6.78. The van der Waals surface area contributed by atoms with Crippen molar-refractivity contribution in [2.24, 2.45) is 0 Å². The number of anilines is 1. The summed E-state index contributed by atoms with van der Waals surface area (Å²) in [6, 6.07) is 1.71. The standard InChI is InChI=1S/C13H20N4O/c1-15-6-8-16(9-7-15)12-10-13(18)17-5-3-2-4-11(17)14-12/h10H,2-9H2,1H3. The van der Waals surface area contributed by atoms with Crippen molar-refractivity contribution in [1.29, 1.82) is 0 Å². The Hall–Kier alpha value is -1.36. The molecule has 0 aromatic carbocycles. The van der Waals surface area contributed by atoms with Crippen LogP contribution in [-0.2, 0) is 13.0 Å². The molecular formula is C13H20N4O. The molecule has 98 valence electrons. The summed E-state index contributed by atoms with van der Waals surface area (Å²) in [5.41, 5.74) is 0.119. The molecule has 2 aliphatic rings. The number of hydrogen-bond donors (Lipinski definition) is 0. The van der Waals surface area contributed by atoms with Gasteiger partial charge in [0.2, 0.25) is 0 Å². The fourth-order valence-corrected chi connectivity index (χ4v) is 2.72. The maximum absolute atomic E-state index is 12.1. The minimum atomic E-state index is 0.119. The van der Waals surface area contributed by atoms with Gasteiger partial charge in [0.05, 0.1) is 0 Å². The first kappa shape index (κ1) is 11.7. The maximum Gasteiger partial charge on any atom is 0.255 e. The molecule has 0 unspecified atom stereocenters. The van der Waals surface area contributed by atoms with Gasteiger partial charge in [-0.3, -0.25) is 9.36 Å². The Kier molecular flexibility index (Phi) is 3.07. The van der Waals surface area contributed by atoms with Crippen LogP contribution in [0, 0.1) is 0 Å². The second kappa shape index (κ2) is 4.72. The van der Waals surface area contributed by atoms with Crippen LogP contribution in [0.1, 0.15) is 18.7 Å². The zero-order chi connectivity index (χ0) is 12.5. The summed E-state index contributed by atoms with van der Waals surface area (Å²) in [6.45, 7) is 4.85. The second-order valence-electron chi connectivity index (χ2n) is 5.27. The van der Waals surface area contributed by atoms with Crippen LogP contribution in [0.15, 0.2) is 10.9 Å². The third-order valence-corrected chi connectivity index (χ3v) is 3.93. The average molecular weight is 248 g/mol. The lowest BCUT2D eigenvalue weighted by molar-refractivity contribution is 0.311. The Bertz CT molecular complexity index is 488. The van der Waals surface area contributed by atoms with E-state index >= 15 is 0 Å². The highest BCUT2D eigenvalue weighted by atomic mass is 16.1. The van der Waals surface area contributed by atoms with E-state index in [0.29, 0.717) is 0 Å². The van der Waals surface area contributed by atoms with Crippen molar-refractivity contribution in [2.45, 2.75) is 25.8 Å². The summed E-state index contributed by atoms with van der Waals surface area (Å²) in [5.74, 6) is 1.85. The zero-order valence-electron chi connectivity index (χ0n) is 10.9. The number of hydrogen-bond acceptors (Lipinski definition) is 4. The quantitative estimate of drug-likeness (QED) is 0.718. The van der Waals surface area contributed by atoms with Crippen molar-refractivity contribution in [2.75, 3.05) is 38.1 Å². The largest absolute Gasteiger partial charge is 0.354 e. The second-order valence-corrected chi connectivity index (χ2v) is 5.27. The van der Waals surface area contributed by atoms with E-state index in [0.717, 1.165) is 63.6 Å². The molecule has 0 saturated carbocycles. The van der Waals surface area contributed by atoms with Gasteiger partial charge in [-0.15, -0.1) is 0 Å². The Balaban J connectivity index is 1.89. The van der Waals surface area contributed by atoms with Gasteiger partial charge in [0, 0.05) is 45.2 Å². The first-order valence-electron chi connectivity index (χ1n) is 6.78. The summed E-state index contributed by atoms with van der Waals surface area (Å²) in [5, 5.41) is 0. The Morgan fingerprint density at radius 3 is 2.67 bits per heavy atom. The minimum absolute atomic E-state index is 0.119. The minimum Gasteiger partial charge on any atom is -0.354 e. The van der Waals surface area contributed by atoms with E-state index < -0.39 is 0 Å². The highest BCUT2D eigenvalue weighted by Crippen LogP contribution is 2.16. The molecule has 3 heterocycles. The van der Waals surface area contributed by atoms with E-state index in [-0.39, 0.29) is 5.56 Å². The van der Waals surface area contributed by atoms with E-state index in [1.807, 2.05) is 4.57 Å². The molecule has 3 rings (SSSR count). The monoisotopic (exact) mass is 248 g/mol. The van der Waals surface area contributed by atoms with Crippen LogP contribution >= 0.6 is 0 Å². The molecule has 1 aromatic rings. The topological polar surface area (TPSA) is 41.4 Å². The van der Waals surface area contributed by atoms with Crippen LogP contribution in [0.2, 0.25) is 0 Å². The molecule has 18 heavy (non-hydrogen) atoms. The molecule has 0 aliphatic carbocycles. The number of likely N-dealkylation sites (N-methyl/N-ethyl adjacent to an activating group) is 1. The van der Waals surface area contributed by atoms with Crippen molar-refractivity contribution in [3.63, 3.8) is 0 Å². The highest BCUT2D eigenvalue weighted by molar-refractivity contribution is 5.38. The average Bonchev–Trinajstić information content (AvgIpc) is 2.39. The van der Waals surface area contributed by atoms with Gasteiger partial charge in [-0.05, 0) is 19.9 Å². The molecule has 1 aromatic heterocycles. The Morgan fingerprint density at radius 2 is 1.89 bits per heavy atom. The number of rotatable bonds is 1. The third-order valence-electron chi connectivity index (χ3n) is 3.93. The van der Waals surface area contributed by atoms with Crippen molar-refractivity contribution < 1.29 is 0 Å². The van der Waals surface area contributed by atoms with E-state index in [4.69, 9.17) is 4.98 Å². The van der Waals surface area contributed by atoms with Gasteiger partial charge >= 0.3 is 0 Å². The molecule has 0 amide bonds. The van der Waals surface area contributed by atoms with Crippen LogP contribution in [0.4, 0.5) is 5.82 Å². The van der Waals surface area contributed by atoms with Gasteiger partial charge in [-0.25, -0.2) is 4.98 Å². The summed E-state index contributed by atoms with van der Waals surface area (Å²) < 4.78 is 1.84. The summed E-state index contributed by atoms with van der Waals surface area (Å²) in [7, 11) is 2.13. The third kappa shape index (κ3) is 2.14. The molecule has 0 bridgehead atoms. The van der Waals surface area contributed by atoms with Gasteiger partial charge in [-0.1, -0.05) is 0 Å². The summed E-state index contributed by atoms with van der Waals surface area (Å²) in [6.07, 6.45) is 3.19. The van der Waals surface area contributed by atoms with Crippen LogP contribution in [0.3, 0.4) is 0 Å². The lowest BCUT2D eigenvalue weighted by Crippen LogP contribution is -2.45. The predicted octanol–water partition coefficient (Wildman–Crippen LogP) is 0.331. The van der Waals surface area contributed by atoms with Gasteiger partial charge in [0.25, 0.3) is 5.56 Å². The van der Waals surface area contributed by atoms with E-state index in [1.165, 1.54) is 0 Å². The molecular weight excluding hydrogens is 228 g/mol. The number of aryl methyl sites for hydroxylation is 1. The van der Waals surface area contributed by atoms with Crippen LogP contribution in [-0.4, -0.2) is 47.7 Å². The van der Waals surface area contributed by atoms with Crippen molar-refractivity contribution in [3.8, 4) is 0 Å². The fraction of sp³-hybridized carbons (Fsp3) is 0.692. The van der Waals surface area contributed by atoms with Crippen LogP contribution in [0.5, 0.6) is 0 Å². The molecule has 0 spiro atoms. The van der Waals surface area contributed by atoms with E-state index in [1.54, 1.807) is 6.07 Å². The lowest BCUT2D eigenvalue weighted by Gasteiger charge is -2.33. The SMILES string of the molecule is CN1CCN(c2cc(=O)n3c(n2)CCCC3)CC1. The molecule has 0 N–H and O–H groups in total. The van der Waals surface area contributed by atoms with E-state index in [2.05, 4.69) is 16.8 Å². The molecule has 1 fully saturated rings. The molecule has 0 atom stereocenters. The zero-order valence-corrected chi connectivity index (χ0v) is 10.9. The number of nitrogens with zero attached hydrogens (tertiary/aromatic N) is 4. The summed E-state index contributed by atoms with van der Waals surface area (Å²) >= 11 is 0. The maximum atomic E-state index is 12.1. The predicted molar refractivity (Wildman–Crippen MR) is 71.1 cm³/mol. The van der Waals surface area contributed by atoms with Gasteiger partial charge in [-0.2, -0.15) is 0 Å². The molecule has 0 radical (unpaired) electrons. The van der Waals surface area contributed by atoms with Crippen molar-refractivity contribution in [1.82, 2.24) is 14.5 Å². The summed E-state index contributed by atoms with van der Waals surface area (Å²) in [4.78, 5) is 21.3. The number of aromatic nitrogens is 2. The molecule has 5 heteroatoms. The van der Waals surface area contributed by atoms with Gasteiger partial charge in [0.1, 0.15) is 11.6 Å². The number of fused-ring (bicyclic) bond motifs is 1.